The van der Waals surface area contributed by atoms with Crippen molar-refractivity contribution in [2.75, 3.05) is 25.4 Å². The van der Waals surface area contributed by atoms with Gasteiger partial charge < -0.3 is 10.8 Å². The van der Waals surface area contributed by atoms with Crippen LogP contribution in [0.1, 0.15) is 18.4 Å². The maximum Gasteiger partial charge on any atom is 0.243 e. The lowest BCUT2D eigenvalue weighted by Crippen LogP contribution is -2.41. The number of aliphatic hydroxyl groups excluding tert-OH is 1. The van der Waals surface area contributed by atoms with E-state index in [9.17, 15) is 13.5 Å². The first-order valence-electron chi connectivity index (χ1n) is 6.42. The van der Waals surface area contributed by atoms with Crippen molar-refractivity contribution in [2.45, 2.75) is 24.7 Å². The summed E-state index contributed by atoms with van der Waals surface area (Å²) < 4.78 is 26.6. The Hall–Kier alpha value is -1.11. The Morgan fingerprint density at radius 1 is 1.47 bits per heavy atom. The van der Waals surface area contributed by atoms with Gasteiger partial charge in [0.2, 0.25) is 10.0 Å². The van der Waals surface area contributed by atoms with Crippen LogP contribution < -0.4 is 5.73 Å². The Morgan fingerprint density at radius 2 is 2.21 bits per heavy atom. The third-order valence-corrected chi connectivity index (χ3v) is 5.58. The normalized spacial score (nSPS) is 21.5. The number of aliphatic hydroxyl groups is 1. The van der Waals surface area contributed by atoms with E-state index < -0.39 is 10.0 Å². The van der Waals surface area contributed by atoms with Gasteiger partial charge in [-0.3, -0.25) is 0 Å². The molecule has 6 heteroatoms. The van der Waals surface area contributed by atoms with Crippen LogP contribution in [0.4, 0.5) is 5.69 Å². The van der Waals surface area contributed by atoms with Gasteiger partial charge in [-0.15, -0.1) is 0 Å². The molecular weight excluding hydrogens is 264 g/mol. The second kappa shape index (κ2) is 5.48. The molecule has 5 nitrogen and oxygen atoms in total. The Morgan fingerprint density at radius 3 is 2.84 bits per heavy atom. The molecular formula is C13H20N2O3S. The van der Waals surface area contributed by atoms with Crippen molar-refractivity contribution in [1.29, 1.82) is 0 Å². The second-order valence-electron chi connectivity index (χ2n) is 5.08. The van der Waals surface area contributed by atoms with Gasteiger partial charge in [-0.2, -0.15) is 4.31 Å². The molecule has 0 radical (unpaired) electrons. The zero-order chi connectivity index (χ0) is 14.0. The average Bonchev–Trinajstić information content (AvgIpc) is 2.38. The van der Waals surface area contributed by atoms with Crippen molar-refractivity contribution in [3.63, 3.8) is 0 Å². The van der Waals surface area contributed by atoms with Crippen LogP contribution in [-0.2, 0) is 10.0 Å². The molecule has 0 aliphatic carbocycles. The lowest BCUT2D eigenvalue weighted by atomic mass is 10.0. The second-order valence-corrected chi connectivity index (χ2v) is 6.99. The lowest BCUT2D eigenvalue weighted by molar-refractivity contribution is 0.165. The van der Waals surface area contributed by atoms with Gasteiger partial charge in [-0.1, -0.05) is 0 Å². The van der Waals surface area contributed by atoms with E-state index in [0.29, 0.717) is 29.2 Å². The molecule has 0 aromatic heterocycles. The number of benzene rings is 1. The standard InChI is InChI=1S/C13H20N2O3S/c1-10-7-12(14)4-5-13(10)19(17,18)15-6-2-3-11(8-15)9-16/h4-5,7,11,16H,2-3,6,8-9,14H2,1H3. The highest BCUT2D eigenvalue weighted by atomic mass is 32.2. The summed E-state index contributed by atoms with van der Waals surface area (Å²) in [5, 5.41) is 9.20. The lowest BCUT2D eigenvalue weighted by Gasteiger charge is -2.31. The number of aryl methyl sites for hydroxylation is 1. The first-order chi connectivity index (χ1) is 8.95. The quantitative estimate of drug-likeness (QED) is 0.810. The zero-order valence-corrected chi connectivity index (χ0v) is 11.9. The smallest absolute Gasteiger partial charge is 0.243 e. The number of hydrogen-bond donors (Lipinski definition) is 2. The molecule has 1 heterocycles. The summed E-state index contributed by atoms with van der Waals surface area (Å²) in [6.07, 6.45) is 1.67. The molecule has 1 unspecified atom stereocenters. The number of nitrogen functional groups attached to an aromatic ring is 1. The number of nitrogens with two attached hydrogens (primary N) is 1. The fourth-order valence-corrected chi connectivity index (χ4v) is 4.26. The molecule has 1 aromatic carbocycles. The molecule has 1 aliphatic rings. The summed E-state index contributed by atoms with van der Waals surface area (Å²) in [6, 6.07) is 4.83. The van der Waals surface area contributed by atoms with Crippen LogP contribution in [0.25, 0.3) is 0 Å². The van der Waals surface area contributed by atoms with E-state index in [1.54, 1.807) is 25.1 Å². The summed E-state index contributed by atoms with van der Waals surface area (Å²) in [6.45, 7) is 2.69. The van der Waals surface area contributed by atoms with E-state index in [4.69, 9.17) is 5.73 Å². The Bertz CT molecular complexity index is 557. The minimum Gasteiger partial charge on any atom is -0.399 e. The number of sulfonamides is 1. The van der Waals surface area contributed by atoms with Crippen LogP contribution in [0.3, 0.4) is 0 Å². The summed E-state index contributed by atoms with van der Waals surface area (Å²) in [4.78, 5) is 0.306. The predicted molar refractivity (Wildman–Crippen MR) is 74.2 cm³/mol. The zero-order valence-electron chi connectivity index (χ0n) is 11.0. The first-order valence-corrected chi connectivity index (χ1v) is 7.86. The minimum atomic E-state index is -3.49. The summed E-state index contributed by atoms with van der Waals surface area (Å²) in [5.74, 6) is 0.0395. The third kappa shape index (κ3) is 2.91. The molecule has 0 saturated carbocycles. The van der Waals surface area contributed by atoms with Crippen LogP contribution in [0.15, 0.2) is 23.1 Å². The van der Waals surface area contributed by atoms with E-state index in [0.717, 1.165) is 12.8 Å². The molecule has 1 atom stereocenters. The molecule has 106 valence electrons. The molecule has 1 aliphatic heterocycles. The highest BCUT2D eigenvalue weighted by molar-refractivity contribution is 7.89. The van der Waals surface area contributed by atoms with E-state index in [1.165, 1.54) is 4.31 Å². The highest BCUT2D eigenvalue weighted by Gasteiger charge is 2.30. The van der Waals surface area contributed by atoms with Gasteiger partial charge in [0.1, 0.15) is 0 Å². The molecule has 0 amide bonds. The third-order valence-electron chi connectivity index (χ3n) is 3.56. The van der Waals surface area contributed by atoms with E-state index in [2.05, 4.69) is 0 Å². The van der Waals surface area contributed by atoms with Gasteiger partial charge in [-0.05, 0) is 49.4 Å². The van der Waals surface area contributed by atoms with Gasteiger partial charge in [-0.25, -0.2) is 8.42 Å². The highest BCUT2D eigenvalue weighted by Crippen LogP contribution is 2.26. The fourth-order valence-electron chi connectivity index (χ4n) is 2.50. The van der Waals surface area contributed by atoms with E-state index in [1.807, 2.05) is 0 Å². The Balaban J connectivity index is 2.31. The minimum absolute atomic E-state index is 0.0345. The van der Waals surface area contributed by atoms with Gasteiger partial charge in [0.15, 0.2) is 0 Å². The number of anilines is 1. The van der Waals surface area contributed by atoms with Crippen LogP contribution >= 0.6 is 0 Å². The van der Waals surface area contributed by atoms with Gasteiger partial charge in [0.05, 0.1) is 4.90 Å². The Kier molecular flexibility index (Phi) is 4.13. The maximum absolute atomic E-state index is 12.6. The van der Waals surface area contributed by atoms with E-state index in [-0.39, 0.29) is 12.5 Å². The molecule has 3 N–H and O–H groups in total. The van der Waals surface area contributed by atoms with E-state index >= 15 is 0 Å². The molecule has 0 bridgehead atoms. The van der Waals surface area contributed by atoms with Gasteiger partial charge in [0.25, 0.3) is 0 Å². The monoisotopic (exact) mass is 284 g/mol. The van der Waals surface area contributed by atoms with Crippen molar-refractivity contribution in [3.05, 3.63) is 23.8 Å². The first kappa shape index (κ1) is 14.3. The SMILES string of the molecule is Cc1cc(N)ccc1S(=O)(=O)N1CCCC(CO)C1. The van der Waals surface area contributed by atoms with Gasteiger partial charge >= 0.3 is 0 Å². The molecule has 1 saturated heterocycles. The molecule has 0 spiro atoms. The van der Waals surface area contributed by atoms with Crippen LogP contribution in [-0.4, -0.2) is 37.5 Å². The average molecular weight is 284 g/mol. The topological polar surface area (TPSA) is 83.6 Å². The van der Waals surface area contributed by atoms with Crippen molar-refractivity contribution in [3.8, 4) is 0 Å². The fraction of sp³-hybridized carbons (Fsp3) is 0.538. The summed E-state index contributed by atoms with van der Waals surface area (Å²) in [5.41, 5.74) is 6.87. The molecule has 1 fully saturated rings. The molecule has 2 rings (SSSR count). The van der Waals surface area contributed by atoms with Crippen molar-refractivity contribution in [2.24, 2.45) is 5.92 Å². The van der Waals surface area contributed by atoms with Crippen LogP contribution in [0.5, 0.6) is 0 Å². The summed E-state index contributed by atoms with van der Waals surface area (Å²) in [7, 11) is -3.49. The van der Waals surface area contributed by atoms with Crippen LogP contribution in [0, 0.1) is 12.8 Å². The predicted octanol–water partition coefficient (Wildman–Crippen LogP) is 0.970. The van der Waals surface area contributed by atoms with Crippen molar-refractivity contribution >= 4 is 15.7 Å². The largest absolute Gasteiger partial charge is 0.399 e. The number of rotatable bonds is 3. The van der Waals surface area contributed by atoms with Crippen molar-refractivity contribution < 1.29 is 13.5 Å². The van der Waals surface area contributed by atoms with Gasteiger partial charge in [0, 0.05) is 25.4 Å². The molecule has 19 heavy (non-hydrogen) atoms. The number of piperidine rings is 1. The number of nitrogens with zero attached hydrogens (tertiary/aromatic N) is 1. The summed E-state index contributed by atoms with van der Waals surface area (Å²) >= 11 is 0. The van der Waals surface area contributed by atoms with Crippen LogP contribution in [0.2, 0.25) is 0 Å². The molecule has 1 aromatic rings. The maximum atomic E-state index is 12.6. The van der Waals surface area contributed by atoms with Crippen molar-refractivity contribution in [1.82, 2.24) is 4.31 Å². The number of hydrogen-bond acceptors (Lipinski definition) is 4. The Labute approximate surface area is 114 Å².